The Morgan fingerprint density at radius 2 is 2.18 bits per heavy atom. The molecular weight excluding hydrogens is 224 g/mol. The normalized spacial score (nSPS) is 20.2. The van der Waals surface area contributed by atoms with Gasteiger partial charge in [0.25, 0.3) is 0 Å². The zero-order chi connectivity index (χ0) is 12.8. The molecule has 0 saturated carbocycles. The number of piperidine rings is 1. The van der Waals surface area contributed by atoms with Crippen LogP contribution in [0.3, 0.4) is 0 Å². The molecule has 1 heterocycles. The third-order valence-corrected chi connectivity index (χ3v) is 2.67. The molecule has 0 aliphatic carbocycles. The highest BCUT2D eigenvalue weighted by molar-refractivity contribution is 5.74. The number of nitrogens with two attached hydrogens (primary N) is 1. The van der Waals surface area contributed by atoms with Crippen LogP contribution in [0, 0.1) is 11.8 Å². The lowest BCUT2D eigenvalue weighted by molar-refractivity contribution is -0.150. The highest BCUT2D eigenvalue weighted by atomic mass is 16.7. The van der Waals surface area contributed by atoms with Gasteiger partial charge in [0.2, 0.25) is 0 Å². The van der Waals surface area contributed by atoms with E-state index in [1.54, 1.807) is 0 Å². The molecule has 0 bridgehead atoms. The van der Waals surface area contributed by atoms with Gasteiger partial charge in [0, 0.05) is 13.1 Å². The molecule has 98 valence electrons. The monoisotopic (exact) mass is 244 g/mol. The first kappa shape index (κ1) is 13.8. The molecule has 1 amide bonds. The lowest BCUT2D eigenvalue weighted by Gasteiger charge is -2.30. The summed E-state index contributed by atoms with van der Waals surface area (Å²) in [5.41, 5.74) is 0. The third-order valence-electron chi connectivity index (χ3n) is 2.67. The molecule has 1 aliphatic rings. The number of rotatable bonds is 3. The van der Waals surface area contributed by atoms with Gasteiger partial charge in [-0.15, -0.1) is 0 Å². The Labute approximate surface area is 101 Å². The minimum Gasteiger partial charge on any atom is -0.449 e. The summed E-state index contributed by atoms with van der Waals surface area (Å²) >= 11 is 0. The van der Waals surface area contributed by atoms with Crippen LogP contribution < -0.4 is 5.90 Å². The minimum atomic E-state index is -0.466. The predicted octanol–water partition coefficient (Wildman–Crippen LogP) is 0.908. The average Bonchev–Trinajstić information content (AvgIpc) is 2.35. The van der Waals surface area contributed by atoms with E-state index < -0.39 is 5.97 Å². The Bertz CT molecular complexity index is 281. The van der Waals surface area contributed by atoms with E-state index in [2.05, 4.69) is 4.84 Å². The molecule has 1 aliphatic heterocycles. The third kappa shape index (κ3) is 4.22. The fraction of sp³-hybridized carbons (Fsp3) is 0.818. The number of carbonyl (C=O) groups excluding carboxylic acids is 2. The number of ether oxygens (including phenoxy) is 1. The van der Waals surface area contributed by atoms with Gasteiger partial charge in [0.05, 0.1) is 12.5 Å². The van der Waals surface area contributed by atoms with Gasteiger partial charge in [-0.05, 0) is 18.8 Å². The van der Waals surface area contributed by atoms with E-state index in [4.69, 9.17) is 10.6 Å². The predicted molar refractivity (Wildman–Crippen MR) is 60.8 cm³/mol. The SMILES string of the molecule is CC(C)COC(=O)N1CCCC(C(=O)ON)C1. The molecule has 17 heavy (non-hydrogen) atoms. The van der Waals surface area contributed by atoms with E-state index in [1.807, 2.05) is 13.8 Å². The van der Waals surface area contributed by atoms with Gasteiger partial charge < -0.3 is 14.5 Å². The summed E-state index contributed by atoms with van der Waals surface area (Å²) in [6, 6.07) is 0. The molecule has 1 atom stereocenters. The molecule has 2 N–H and O–H groups in total. The number of likely N-dealkylation sites (tertiary alicyclic amines) is 1. The minimum absolute atomic E-state index is 0.300. The molecule has 1 fully saturated rings. The molecule has 0 spiro atoms. The van der Waals surface area contributed by atoms with Gasteiger partial charge in [-0.2, -0.15) is 5.90 Å². The Balaban J connectivity index is 2.43. The largest absolute Gasteiger partial charge is 0.449 e. The van der Waals surface area contributed by atoms with Crippen LogP contribution in [0.5, 0.6) is 0 Å². The van der Waals surface area contributed by atoms with E-state index in [9.17, 15) is 9.59 Å². The van der Waals surface area contributed by atoms with Crippen LogP contribution in [-0.4, -0.2) is 36.7 Å². The summed E-state index contributed by atoms with van der Waals surface area (Å²) in [6.07, 6.45) is 1.09. The van der Waals surface area contributed by atoms with Crippen molar-refractivity contribution in [2.24, 2.45) is 17.7 Å². The summed E-state index contributed by atoms with van der Waals surface area (Å²) in [5, 5.41) is 0. The topological polar surface area (TPSA) is 81.9 Å². The first-order valence-corrected chi connectivity index (χ1v) is 5.87. The van der Waals surface area contributed by atoms with Crippen molar-refractivity contribution in [1.82, 2.24) is 4.90 Å². The summed E-state index contributed by atoms with van der Waals surface area (Å²) in [4.78, 5) is 28.7. The molecule has 0 radical (unpaired) electrons. The van der Waals surface area contributed by atoms with E-state index >= 15 is 0 Å². The maximum Gasteiger partial charge on any atom is 0.409 e. The Morgan fingerprint density at radius 1 is 1.47 bits per heavy atom. The van der Waals surface area contributed by atoms with Crippen LogP contribution in [0.25, 0.3) is 0 Å². The second kappa shape index (κ2) is 6.44. The average molecular weight is 244 g/mol. The smallest absolute Gasteiger partial charge is 0.409 e. The van der Waals surface area contributed by atoms with Crippen molar-refractivity contribution in [2.75, 3.05) is 19.7 Å². The van der Waals surface area contributed by atoms with E-state index in [0.29, 0.717) is 32.0 Å². The van der Waals surface area contributed by atoms with Gasteiger partial charge in [0.1, 0.15) is 0 Å². The second-order valence-electron chi connectivity index (χ2n) is 4.69. The van der Waals surface area contributed by atoms with Crippen molar-refractivity contribution in [3.63, 3.8) is 0 Å². The van der Waals surface area contributed by atoms with Gasteiger partial charge in [0.15, 0.2) is 0 Å². The highest BCUT2D eigenvalue weighted by Gasteiger charge is 2.30. The molecule has 6 nitrogen and oxygen atoms in total. The summed E-state index contributed by atoms with van der Waals surface area (Å²) in [6.45, 7) is 5.27. The van der Waals surface area contributed by atoms with Crippen molar-refractivity contribution in [2.45, 2.75) is 26.7 Å². The molecule has 6 heteroatoms. The Morgan fingerprint density at radius 3 is 2.76 bits per heavy atom. The molecule has 0 aromatic heterocycles. The zero-order valence-electron chi connectivity index (χ0n) is 10.3. The van der Waals surface area contributed by atoms with Crippen molar-refractivity contribution in [1.29, 1.82) is 0 Å². The quantitative estimate of drug-likeness (QED) is 0.746. The first-order valence-electron chi connectivity index (χ1n) is 5.87. The van der Waals surface area contributed by atoms with Crippen molar-refractivity contribution >= 4 is 12.1 Å². The van der Waals surface area contributed by atoms with Gasteiger partial charge in [-0.3, -0.25) is 4.79 Å². The van der Waals surface area contributed by atoms with Crippen LogP contribution in [0.1, 0.15) is 26.7 Å². The van der Waals surface area contributed by atoms with Gasteiger partial charge >= 0.3 is 12.1 Å². The number of amides is 1. The van der Waals surface area contributed by atoms with Crippen LogP contribution in [-0.2, 0) is 14.4 Å². The standard InChI is InChI=1S/C11H20N2O4/c1-8(2)7-16-11(15)13-5-3-4-9(6-13)10(14)17-12/h8-9H,3-7,12H2,1-2H3. The van der Waals surface area contributed by atoms with Gasteiger partial charge in [-0.25, -0.2) is 4.79 Å². The second-order valence-corrected chi connectivity index (χ2v) is 4.69. The molecule has 1 saturated heterocycles. The Kier molecular flexibility index (Phi) is 5.21. The first-order chi connectivity index (χ1) is 8.04. The van der Waals surface area contributed by atoms with E-state index in [0.717, 1.165) is 6.42 Å². The van der Waals surface area contributed by atoms with Crippen LogP contribution >= 0.6 is 0 Å². The van der Waals surface area contributed by atoms with Crippen molar-refractivity contribution < 1.29 is 19.2 Å². The van der Waals surface area contributed by atoms with Crippen molar-refractivity contribution in [3.8, 4) is 0 Å². The number of hydrogen-bond acceptors (Lipinski definition) is 5. The van der Waals surface area contributed by atoms with E-state index in [-0.39, 0.29) is 12.0 Å². The maximum atomic E-state index is 11.7. The molecule has 0 aromatic rings. The number of hydrogen-bond donors (Lipinski definition) is 1. The zero-order valence-corrected chi connectivity index (χ0v) is 10.3. The van der Waals surface area contributed by atoms with Crippen LogP contribution in [0.4, 0.5) is 4.79 Å². The summed E-state index contributed by atoms with van der Waals surface area (Å²) < 4.78 is 5.11. The molecule has 0 aromatic carbocycles. The van der Waals surface area contributed by atoms with Gasteiger partial charge in [-0.1, -0.05) is 13.8 Å². The number of carbonyl (C=O) groups is 2. The summed E-state index contributed by atoms with van der Waals surface area (Å²) in [7, 11) is 0. The lowest BCUT2D eigenvalue weighted by atomic mass is 9.99. The van der Waals surface area contributed by atoms with Crippen LogP contribution in [0.15, 0.2) is 0 Å². The van der Waals surface area contributed by atoms with Crippen molar-refractivity contribution in [3.05, 3.63) is 0 Å². The maximum absolute atomic E-state index is 11.7. The molecule has 1 unspecified atom stereocenters. The summed E-state index contributed by atoms with van der Waals surface area (Å²) in [5.74, 6) is 4.34. The van der Waals surface area contributed by atoms with Crippen LogP contribution in [0.2, 0.25) is 0 Å². The molecule has 1 rings (SSSR count). The Hall–Kier alpha value is -1.30. The fourth-order valence-electron chi connectivity index (χ4n) is 1.76. The fourth-order valence-corrected chi connectivity index (χ4v) is 1.76. The lowest BCUT2D eigenvalue weighted by Crippen LogP contribution is -2.43. The molecular formula is C11H20N2O4. The number of nitrogens with zero attached hydrogens (tertiary/aromatic N) is 1. The van der Waals surface area contributed by atoms with E-state index in [1.165, 1.54) is 4.90 Å². The highest BCUT2D eigenvalue weighted by Crippen LogP contribution is 2.18.